The fraction of sp³-hybridized carbons (Fsp3) is 1.00. The van der Waals surface area contributed by atoms with Crippen LogP contribution in [0.25, 0.3) is 0 Å². The zero-order valence-corrected chi connectivity index (χ0v) is 10.7. The van der Waals surface area contributed by atoms with Gasteiger partial charge in [-0.25, -0.2) is 0 Å². The summed E-state index contributed by atoms with van der Waals surface area (Å²) in [6.07, 6.45) is 3.29. The quantitative estimate of drug-likeness (QED) is 0.579. The molecule has 2 N–H and O–H groups in total. The van der Waals surface area contributed by atoms with E-state index in [0.29, 0.717) is 12.5 Å². The first-order valence-corrected chi connectivity index (χ1v) is 5.95. The van der Waals surface area contributed by atoms with Crippen LogP contribution in [0.2, 0.25) is 0 Å². The van der Waals surface area contributed by atoms with Crippen LogP contribution in [0.5, 0.6) is 0 Å². The predicted molar refractivity (Wildman–Crippen MR) is 64.1 cm³/mol. The van der Waals surface area contributed by atoms with E-state index < -0.39 is 0 Å². The Morgan fingerprint density at radius 3 is 2.60 bits per heavy atom. The molecule has 0 aromatic heterocycles. The van der Waals surface area contributed by atoms with Gasteiger partial charge in [-0.15, -0.1) is 0 Å². The van der Waals surface area contributed by atoms with Gasteiger partial charge in [0.1, 0.15) is 0 Å². The molecule has 0 aliphatic heterocycles. The second-order valence-electron chi connectivity index (χ2n) is 4.69. The average molecular weight is 217 g/mol. The Morgan fingerprint density at radius 1 is 1.47 bits per heavy atom. The lowest BCUT2D eigenvalue weighted by atomic mass is 10.0. The van der Waals surface area contributed by atoms with Gasteiger partial charge in [-0.05, 0) is 32.7 Å². The highest BCUT2D eigenvalue weighted by Gasteiger charge is 2.19. The van der Waals surface area contributed by atoms with Crippen LogP contribution in [0.1, 0.15) is 40.0 Å². The Balaban J connectivity index is 3.52. The fourth-order valence-corrected chi connectivity index (χ4v) is 1.44. The molecule has 0 spiro atoms. The van der Waals surface area contributed by atoms with Gasteiger partial charge in [0.25, 0.3) is 0 Å². The normalized spacial score (nSPS) is 17.4. The predicted octanol–water partition coefficient (Wildman–Crippen LogP) is 1.80. The van der Waals surface area contributed by atoms with Crippen molar-refractivity contribution in [3.05, 3.63) is 0 Å². The highest BCUT2D eigenvalue weighted by atomic mass is 16.5. The van der Waals surface area contributed by atoms with Crippen molar-refractivity contribution in [1.82, 2.24) is 5.32 Å². The molecular formula is C12H27NO2. The molecule has 92 valence electrons. The number of hydrogen-bond acceptors (Lipinski definition) is 3. The summed E-state index contributed by atoms with van der Waals surface area (Å²) in [4.78, 5) is 0. The lowest BCUT2D eigenvalue weighted by molar-refractivity contribution is 0.0702. The lowest BCUT2D eigenvalue weighted by Crippen LogP contribution is -2.44. The van der Waals surface area contributed by atoms with Gasteiger partial charge < -0.3 is 15.2 Å². The molecule has 0 aliphatic rings. The topological polar surface area (TPSA) is 41.5 Å². The summed E-state index contributed by atoms with van der Waals surface area (Å²) in [7, 11) is 1.87. The van der Waals surface area contributed by atoms with E-state index in [2.05, 4.69) is 19.2 Å². The Bertz CT molecular complexity index is 147. The summed E-state index contributed by atoms with van der Waals surface area (Å²) in [6, 6.07) is 0. The molecule has 2 atom stereocenters. The van der Waals surface area contributed by atoms with Crippen LogP contribution < -0.4 is 5.32 Å². The molecule has 0 fully saturated rings. The summed E-state index contributed by atoms with van der Waals surface area (Å²) in [5, 5.41) is 12.3. The third-order valence-corrected chi connectivity index (χ3v) is 2.93. The molecule has 3 heteroatoms. The van der Waals surface area contributed by atoms with Gasteiger partial charge in [0, 0.05) is 18.8 Å². The minimum absolute atomic E-state index is 0.150. The smallest absolute Gasteiger partial charge is 0.0611 e. The molecule has 0 rings (SSSR count). The van der Waals surface area contributed by atoms with Gasteiger partial charge in [0.05, 0.1) is 6.61 Å². The van der Waals surface area contributed by atoms with Gasteiger partial charge in [0.15, 0.2) is 0 Å². The zero-order valence-electron chi connectivity index (χ0n) is 10.7. The van der Waals surface area contributed by atoms with E-state index in [9.17, 15) is 0 Å². The van der Waals surface area contributed by atoms with Gasteiger partial charge in [-0.2, -0.15) is 0 Å². The SMILES string of the molecule is CCCC(C)COCCC(C)(CO)NC. The summed E-state index contributed by atoms with van der Waals surface area (Å²) in [6.45, 7) is 8.11. The van der Waals surface area contributed by atoms with Crippen LogP contribution in [0.3, 0.4) is 0 Å². The maximum absolute atomic E-state index is 9.16. The molecule has 0 aliphatic carbocycles. The van der Waals surface area contributed by atoms with E-state index in [4.69, 9.17) is 9.84 Å². The minimum Gasteiger partial charge on any atom is -0.394 e. The van der Waals surface area contributed by atoms with Gasteiger partial charge >= 0.3 is 0 Å². The number of rotatable bonds is 9. The van der Waals surface area contributed by atoms with Crippen LogP contribution in [0, 0.1) is 5.92 Å². The molecule has 0 radical (unpaired) electrons. The van der Waals surface area contributed by atoms with Crippen molar-refractivity contribution >= 4 is 0 Å². The number of aliphatic hydroxyl groups excluding tert-OH is 1. The zero-order chi connectivity index (χ0) is 11.7. The standard InChI is InChI=1S/C12H27NO2/c1-5-6-11(2)9-15-8-7-12(3,10-14)13-4/h11,13-14H,5-10H2,1-4H3. The van der Waals surface area contributed by atoms with Gasteiger partial charge in [0.2, 0.25) is 0 Å². The molecule has 0 saturated carbocycles. The van der Waals surface area contributed by atoms with Crippen LogP contribution in [-0.2, 0) is 4.74 Å². The number of ether oxygens (including phenoxy) is 1. The second-order valence-corrected chi connectivity index (χ2v) is 4.69. The van der Waals surface area contributed by atoms with Crippen molar-refractivity contribution in [2.75, 3.05) is 26.9 Å². The number of nitrogens with one attached hydrogen (secondary N) is 1. The first kappa shape index (κ1) is 14.9. The molecule has 2 unspecified atom stereocenters. The van der Waals surface area contributed by atoms with Crippen molar-refractivity contribution in [3.63, 3.8) is 0 Å². The first-order valence-electron chi connectivity index (χ1n) is 5.95. The first-order chi connectivity index (χ1) is 7.08. The van der Waals surface area contributed by atoms with Crippen molar-refractivity contribution in [1.29, 1.82) is 0 Å². The Morgan fingerprint density at radius 2 is 2.13 bits per heavy atom. The van der Waals surface area contributed by atoms with E-state index in [1.807, 2.05) is 14.0 Å². The highest BCUT2D eigenvalue weighted by Crippen LogP contribution is 2.09. The largest absolute Gasteiger partial charge is 0.394 e. The number of likely N-dealkylation sites (N-methyl/N-ethyl adjacent to an activating group) is 1. The van der Waals surface area contributed by atoms with Crippen molar-refractivity contribution < 1.29 is 9.84 Å². The maximum Gasteiger partial charge on any atom is 0.0611 e. The van der Waals surface area contributed by atoms with Gasteiger partial charge in [-0.1, -0.05) is 20.3 Å². The molecule has 0 saturated heterocycles. The van der Waals surface area contributed by atoms with Crippen molar-refractivity contribution in [2.24, 2.45) is 5.92 Å². The maximum atomic E-state index is 9.16. The van der Waals surface area contributed by atoms with E-state index in [-0.39, 0.29) is 12.1 Å². The summed E-state index contributed by atoms with van der Waals surface area (Å²) in [5.41, 5.74) is -0.200. The molecule has 0 bridgehead atoms. The third kappa shape index (κ3) is 6.88. The Hall–Kier alpha value is -0.120. The van der Waals surface area contributed by atoms with Crippen LogP contribution in [0.15, 0.2) is 0 Å². The summed E-state index contributed by atoms with van der Waals surface area (Å²) in [5.74, 6) is 0.643. The molecule has 3 nitrogen and oxygen atoms in total. The lowest BCUT2D eigenvalue weighted by Gasteiger charge is -2.26. The molecule has 0 aromatic rings. The van der Waals surface area contributed by atoms with Crippen molar-refractivity contribution in [2.45, 2.75) is 45.6 Å². The van der Waals surface area contributed by atoms with Gasteiger partial charge in [-0.3, -0.25) is 0 Å². The molecular weight excluding hydrogens is 190 g/mol. The van der Waals surface area contributed by atoms with Crippen LogP contribution in [0.4, 0.5) is 0 Å². The fourth-order valence-electron chi connectivity index (χ4n) is 1.44. The van der Waals surface area contributed by atoms with E-state index >= 15 is 0 Å². The monoisotopic (exact) mass is 217 g/mol. The van der Waals surface area contributed by atoms with E-state index in [0.717, 1.165) is 13.0 Å². The molecule has 0 aromatic carbocycles. The third-order valence-electron chi connectivity index (χ3n) is 2.93. The molecule has 15 heavy (non-hydrogen) atoms. The van der Waals surface area contributed by atoms with Crippen molar-refractivity contribution in [3.8, 4) is 0 Å². The molecule has 0 amide bonds. The van der Waals surface area contributed by atoms with E-state index in [1.54, 1.807) is 0 Å². The van der Waals surface area contributed by atoms with E-state index in [1.165, 1.54) is 12.8 Å². The number of hydrogen-bond donors (Lipinski definition) is 2. The Kier molecular flexibility index (Phi) is 8.02. The molecule has 0 heterocycles. The Labute approximate surface area is 94.2 Å². The van der Waals surface area contributed by atoms with Crippen LogP contribution >= 0.6 is 0 Å². The summed E-state index contributed by atoms with van der Waals surface area (Å²) >= 11 is 0. The summed E-state index contributed by atoms with van der Waals surface area (Å²) < 4.78 is 5.60. The minimum atomic E-state index is -0.200. The highest BCUT2D eigenvalue weighted by molar-refractivity contribution is 4.79. The second kappa shape index (κ2) is 8.08. The number of aliphatic hydroxyl groups is 1. The van der Waals surface area contributed by atoms with Crippen LogP contribution in [-0.4, -0.2) is 37.5 Å². The average Bonchev–Trinajstić information content (AvgIpc) is 2.24.